The van der Waals surface area contributed by atoms with Crippen LogP contribution in [0.2, 0.25) is 0 Å². The summed E-state index contributed by atoms with van der Waals surface area (Å²) in [7, 11) is 0. The van der Waals surface area contributed by atoms with Gasteiger partial charge in [-0.1, -0.05) is 46.3 Å². The Hall–Kier alpha value is -1.30. The van der Waals surface area contributed by atoms with E-state index < -0.39 is 18.4 Å². The van der Waals surface area contributed by atoms with Crippen LogP contribution in [-0.4, -0.2) is 23.4 Å². The van der Waals surface area contributed by atoms with Gasteiger partial charge in [-0.05, 0) is 12.0 Å². The number of rotatable bonds is 7. The van der Waals surface area contributed by atoms with Crippen LogP contribution < -0.4 is 5.32 Å². The fourth-order valence-corrected chi connectivity index (χ4v) is 1.89. The third-order valence-corrected chi connectivity index (χ3v) is 3.20. The van der Waals surface area contributed by atoms with Crippen LogP contribution in [0.15, 0.2) is 30.3 Å². The summed E-state index contributed by atoms with van der Waals surface area (Å²) in [5.74, 6) is -1.35. The van der Waals surface area contributed by atoms with Crippen molar-refractivity contribution in [3.05, 3.63) is 35.9 Å². The number of ketones is 1. The molecule has 104 valence electrons. The van der Waals surface area contributed by atoms with E-state index in [-0.39, 0.29) is 17.5 Å². The number of halogens is 3. The lowest BCUT2D eigenvalue weighted by Gasteiger charge is -2.18. The van der Waals surface area contributed by atoms with Gasteiger partial charge in [0.05, 0.1) is 11.4 Å². The second kappa shape index (κ2) is 7.99. The van der Waals surface area contributed by atoms with Crippen LogP contribution in [0.4, 0.5) is 8.78 Å². The highest BCUT2D eigenvalue weighted by Crippen LogP contribution is 2.19. The Morgan fingerprint density at radius 1 is 1.21 bits per heavy atom. The van der Waals surface area contributed by atoms with Gasteiger partial charge in [-0.15, -0.1) is 0 Å². The van der Waals surface area contributed by atoms with Crippen LogP contribution in [0.25, 0.3) is 0 Å². The molecular formula is C13H14BrF2NO2. The number of amides is 1. The minimum absolute atomic E-state index is 0.0350. The number of benzene rings is 1. The Balaban J connectivity index is 2.73. The second-order valence-electron chi connectivity index (χ2n) is 3.98. The van der Waals surface area contributed by atoms with Crippen LogP contribution in [0.5, 0.6) is 0 Å². The van der Waals surface area contributed by atoms with Crippen molar-refractivity contribution in [2.24, 2.45) is 0 Å². The molecule has 19 heavy (non-hydrogen) atoms. The van der Waals surface area contributed by atoms with E-state index in [0.717, 1.165) is 0 Å². The highest BCUT2D eigenvalue weighted by atomic mass is 79.9. The van der Waals surface area contributed by atoms with Gasteiger partial charge in [0, 0.05) is 6.42 Å². The summed E-state index contributed by atoms with van der Waals surface area (Å²) in [6.07, 6.45) is -2.54. The summed E-state index contributed by atoms with van der Waals surface area (Å²) in [6, 6.07) is 8.18. The molecule has 0 aliphatic heterocycles. The van der Waals surface area contributed by atoms with Gasteiger partial charge in [0.15, 0.2) is 0 Å². The average Bonchev–Trinajstić information content (AvgIpc) is 2.43. The van der Waals surface area contributed by atoms with Crippen molar-refractivity contribution in [1.82, 2.24) is 5.32 Å². The van der Waals surface area contributed by atoms with Crippen LogP contribution in [0, 0.1) is 0 Å². The molecule has 0 radical (unpaired) electrons. The van der Waals surface area contributed by atoms with Crippen molar-refractivity contribution in [3.8, 4) is 0 Å². The zero-order valence-electron chi connectivity index (χ0n) is 10.1. The third-order valence-electron chi connectivity index (χ3n) is 2.58. The first-order valence-corrected chi connectivity index (χ1v) is 6.88. The molecule has 3 nitrogen and oxygen atoms in total. The number of hydrogen-bond donors (Lipinski definition) is 1. The molecule has 1 atom stereocenters. The van der Waals surface area contributed by atoms with Gasteiger partial charge in [0.1, 0.15) is 5.78 Å². The zero-order valence-corrected chi connectivity index (χ0v) is 11.7. The van der Waals surface area contributed by atoms with Gasteiger partial charge in [-0.3, -0.25) is 9.59 Å². The predicted octanol–water partition coefficient (Wildman–Crippen LogP) is 2.85. The van der Waals surface area contributed by atoms with Crippen molar-refractivity contribution in [3.63, 3.8) is 0 Å². The zero-order chi connectivity index (χ0) is 14.3. The van der Waals surface area contributed by atoms with Crippen molar-refractivity contribution >= 4 is 27.6 Å². The molecule has 1 aromatic carbocycles. The number of nitrogens with one attached hydrogen (secondary N) is 1. The molecule has 0 fully saturated rings. The van der Waals surface area contributed by atoms with Crippen LogP contribution >= 0.6 is 15.9 Å². The van der Waals surface area contributed by atoms with E-state index in [1.807, 2.05) is 0 Å². The Kier molecular flexibility index (Phi) is 6.62. The molecule has 0 aliphatic carbocycles. The number of alkyl halides is 3. The molecule has 1 N–H and O–H groups in total. The molecule has 1 unspecified atom stereocenters. The van der Waals surface area contributed by atoms with E-state index in [1.54, 1.807) is 30.3 Å². The van der Waals surface area contributed by atoms with Gasteiger partial charge < -0.3 is 5.32 Å². The van der Waals surface area contributed by atoms with Crippen LogP contribution in [-0.2, 0) is 9.59 Å². The lowest BCUT2D eigenvalue weighted by atomic mass is 10.0. The number of carbonyl (C=O) groups is 2. The monoisotopic (exact) mass is 333 g/mol. The summed E-state index contributed by atoms with van der Waals surface area (Å²) >= 11 is 3.04. The lowest BCUT2D eigenvalue weighted by molar-refractivity contribution is -0.132. The second-order valence-corrected chi connectivity index (χ2v) is 4.54. The number of Topliss-reactive ketones (excluding diaryl/α,β-unsaturated/α-hetero) is 1. The molecule has 1 rings (SSSR count). The summed E-state index contributed by atoms with van der Waals surface area (Å²) in [4.78, 5) is 22.3. The van der Waals surface area contributed by atoms with Crippen LogP contribution in [0.1, 0.15) is 24.4 Å². The van der Waals surface area contributed by atoms with Gasteiger partial charge in [0.25, 0.3) is 5.91 Å². The van der Waals surface area contributed by atoms with E-state index in [9.17, 15) is 18.4 Å². The first kappa shape index (κ1) is 15.8. The maximum atomic E-state index is 12.3. The SMILES string of the molecule is O=C(CBr)CCC(NC(=O)C(F)F)c1ccccc1. The van der Waals surface area contributed by atoms with E-state index in [4.69, 9.17) is 0 Å². The first-order chi connectivity index (χ1) is 9.04. The van der Waals surface area contributed by atoms with Gasteiger partial charge in [-0.25, -0.2) is 0 Å². The highest BCUT2D eigenvalue weighted by molar-refractivity contribution is 9.09. The Bertz CT molecular complexity index is 426. The highest BCUT2D eigenvalue weighted by Gasteiger charge is 2.21. The van der Waals surface area contributed by atoms with Crippen molar-refractivity contribution in [2.75, 3.05) is 5.33 Å². The minimum Gasteiger partial charge on any atom is -0.344 e. The maximum absolute atomic E-state index is 12.3. The van der Waals surface area contributed by atoms with E-state index in [1.165, 1.54) is 0 Å². The normalized spacial score (nSPS) is 12.2. The molecule has 0 aliphatic rings. The summed E-state index contributed by atoms with van der Waals surface area (Å²) in [6.45, 7) is 0. The standard InChI is InChI=1S/C13H14BrF2NO2/c14-8-10(18)6-7-11(17-13(19)12(15)16)9-4-2-1-3-5-9/h1-5,11-12H,6-8H2,(H,17,19). The fraction of sp³-hybridized carbons (Fsp3) is 0.385. The largest absolute Gasteiger partial charge is 0.344 e. The maximum Gasteiger partial charge on any atom is 0.315 e. The molecule has 0 saturated heterocycles. The average molecular weight is 334 g/mol. The Morgan fingerprint density at radius 3 is 2.37 bits per heavy atom. The van der Waals surface area contributed by atoms with Crippen molar-refractivity contribution < 1.29 is 18.4 Å². The van der Waals surface area contributed by atoms with E-state index in [0.29, 0.717) is 12.0 Å². The molecular weight excluding hydrogens is 320 g/mol. The minimum atomic E-state index is -3.06. The molecule has 1 aromatic rings. The third kappa shape index (κ3) is 5.46. The molecule has 0 bridgehead atoms. The number of carbonyl (C=O) groups excluding carboxylic acids is 2. The summed E-state index contributed by atoms with van der Waals surface area (Å²) in [5.41, 5.74) is 0.707. The smallest absolute Gasteiger partial charge is 0.315 e. The van der Waals surface area contributed by atoms with Gasteiger partial charge in [-0.2, -0.15) is 8.78 Å². The number of hydrogen-bond acceptors (Lipinski definition) is 2. The van der Waals surface area contributed by atoms with E-state index in [2.05, 4.69) is 21.2 Å². The van der Waals surface area contributed by atoms with Crippen molar-refractivity contribution in [2.45, 2.75) is 25.3 Å². The molecule has 0 aromatic heterocycles. The van der Waals surface area contributed by atoms with Crippen molar-refractivity contribution in [1.29, 1.82) is 0 Å². The molecule has 0 saturated carbocycles. The summed E-state index contributed by atoms with van der Waals surface area (Å²) in [5, 5.41) is 2.48. The Morgan fingerprint density at radius 2 is 1.84 bits per heavy atom. The topological polar surface area (TPSA) is 46.2 Å². The predicted molar refractivity (Wildman–Crippen MR) is 71.4 cm³/mol. The Labute approximate surface area is 118 Å². The van der Waals surface area contributed by atoms with Gasteiger partial charge in [0.2, 0.25) is 0 Å². The van der Waals surface area contributed by atoms with Crippen LogP contribution in [0.3, 0.4) is 0 Å². The van der Waals surface area contributed by atoms with E-state index >= 15 is 0 Å². The fourth-order valence-electron chi connectivity index (χ4n) is 1.61. The quantitative estimate of drug-likeness (QED) is 0.780. The summed E-state index contributed by atoms with van der Waals surface area (Å²) < 4.78 is 24.6. The molecule has 0 spiro atoms. The van der Waals surface area contributed by atoms with Gasteiger partial charge >= 0.3 is 6.43 Å². The molecule has 1 amide bonds. The first-order valence-electron chi connectivity index (χ1n) is 5.75. The molecule has 6 heteroatoms. The lowest BCUT2D eigenvalue weighted by Crippen LogP contribution is -2.33. The molecule has 0 heterocycles.